The van der Waals surface area contributed by atoms with Gasteiger partial charge in [-0.1, -0.05) is 46.2 Å². The van der Waals surface area contributed by atoms with Gasteiger partial charge in [0.2, 0.25) is 0 Å². The van der Waals surface area contributed by atoms with Crippen molar-refractivity contribution in [2.24, 2.45) is 0 Å². The number of nitrogens with one attached hydrogen (secondary N) is 1. The summed E-state index contributed by atoms with van der Waals surface area (Å²) in [4.78, 5) is 3.39. The molecule has 0 unspecified atom stereocenters. The largest absolute Gasteiger partial charge is 0.361 e. The second-order valence-corrected chi connectivity index (χ2v) is 5.54. The van der Waals surface area contributed by atoms with Gasteiger partial charge >= 0.3 is 0 Å². The summed E-state index contributed by atoms with van der Waals surface area (Å²) in [6.45, 7) is 9.04. The van der Waals surface area contributed by atoms with Crippen molar-refractivity contribution in [3.05, 3.63) is 35.5 Å². The SMILES string of the molecule is CCCc1ccc(C(C)(C)C)c2cc[nH]c12. The maximum atomic E-state index is 3.39. The Morgan fingerprint density at radius 3 is 2.50 bits per heavy atom. The van der Waals surface area contributed by atoms with Gasteiger partial charge in [0.05, 0.1) is 0 Å². The Morgan fingerprint density at radius 1 is 1.12 bits per heavy atom. The van der Waals surface area contributed by atoms with E-state index in [1.54, 1.807) is 0 Å². The van der Waals surface area contributed by atoms with Gasteiger partial charge in [0.15, 0.2) is 0 Å². The lowest BCUT2D eigenvalue weighted by atomic mass is 9.84. The van der Waals surface area contributed by atoms with Crippen LogP contribution in [0.4, 0.5) is 0 Å². The summed E-state index contributed by atoms with van der Waals surface area (Å²) < 4.78 is 0. The molecule has 1 aromatic carbocycles. The molecule has 0 radical (unpaired) electrons. The van der Waals surface area contributed by atoms with Gasteiger partial charge in [-0.25, -0.2) is 0 Å². The van der Waals surface area contributed by atoms with Crippen LogP contribution in [0.2, 0.25) is 0 Å². The first-order valence-electron chi connectivity index (χ1n) is 6.13. The van der Waals surface area contributed by atoms with Crippen molar-refractivity contribution in [2.75, 3.05) is 0 Å². The van der Waals surface area contributed by atoms with Gasteiger partial charge in [-0.15, -0.1) is 0 Å². The average Bonchev–Trinajstić information content (AvgIpc) is 2.65. The van der Waals surface area contributed by atoms with Crippen LogP contribution in [-0.4, -0.2) is 4.98 Å². The van der Waals surface area contributed by atoms with E-state index in [1.807, 2.05) is 0 Å². The van der Waals surface area contributed by atoms with Crippen LogP contribution in [0.1, 0.15) is 45.2 Å². The van der Waals surface area contributed by atoms with Crippen molar-refractivity contribution < 1.29 is 0 Å². The van der Waals surface area contributed by atoms with E-state index in [-0.39, 0.29) is 5.41 Å². The first-order chi connectivity index (χ1) is 7.54. The minimum absolute atomic E-state index is 0.213. The van der Waals surface area contributed by atoms with Crippen LogP contribution in [0.3, 0.4) is 0 Å². The number of H-pyrrole nitrogens is 1. The third-order valence-electron chi connectivity index (χ3n) is 3.14. The maximum absolute atomic E-state index is 3.39. The zero-order valence-electron chi connectivity index (χ0n) is 10.7. The number of benzene rings is 1. The molecule has 0 saturated carbocycles. The molecule has 0 spiro atoms. The number of aromatic amines is 1. The van der Waals surface area contributed by atoms with Crippen LogP contribution in [0.5, 0.6) is 0 Å². The number of hydrogen-bond donors (Lipinski definition) is 1. The highest BCUT2D eigenvalue weighted by molar-refractivity contribution is 5.86. The van der Waals surface area contributed by atoms with Crippen molar-refractivity contribution in [2.45, 2.75) is 46.0 Å². The number of aryl methyl sites for hydroxylation is 1. The van der Waals surface area contributed by atoms with Gasteiger partial charge < -0.3 is 4.98 Å². The Morgan fingerprint density at radius 2 is 1.88 bits per heavy atom. The predicted octanol–water partition coefficient (Wildman–Crippen LogP) is 4.42. The fraction of sp³-hybridized carbons (Fsp3) is 0.467. The van der Waals surface area contributed by atoms with Gasteiger partial charge in [0, 0.05) is 17.1 Å². The number of rotatable bonds is 2. The Kier molecular flexibility index (Phi) is 2.79. The first-order valence-corrected chi connectivity index (χ1v) is 6.13. The molecule has 0 aliphatic rings. The van der Waals surface area contributed by atoms with Crippen molar-refractivity contribution in [3.8, 4) is 0 Å². The number of hydrogen-bond acceptors (Lipinski definition) is 0. The summed E-state index contributed by atoms with van der Waals surface area (Å²) in [5.74, 6) is 0. The second kappa shape index (κ2) is 3.97. The van der Waals surface area contributed by atoms with E-state index < -0.39 is 0 Å². The molecule has 0 aliphatic carbocycles. The molecular weight excluding hydrogens is 194 g/mol. The molecule has 1 heterocycles. The summed E-state index contributed by atoms with van der Waals surface area (Å²) in [5.41, 5.74) is 4.42. The summed E-state index contributed by atoms with van der Waals surface area (Å²) in [5, 5.41) is 1.39. The predicted molar refractivity (Wildman–Crippen MR) is 71.0 cm³/mol. The van der Waals surface area contributed by atoms with Crippen molar-refractivity contribution >= 4 is 10.9 Å². The van der Waals surface area contributed by atoms with Crippen LogP contribution in [0.15, 0.2) is 24.4 Å². The highest BCUT2D eigenvalue weighted by Gasteiger charge is 2.18. The Labute approximate surface area is 97.9 Å². The molecule has 1 N–H and O–H groups in total. The van der Waals surface area contributed by atoms with E-state index in [0.717, 1.165) is 6.42 Å². The zero-order valence-corrected chi connectivity index (χ0v) is 10.7. The van der Waals surface area contributed by atoms with Crippen molar-refractivity contribution in [3.63, 3.8) is 0 Å². The van der Waals surface area contributed by atoms with E-state index in [4.69, 9.17) is 0 Å². The molecule has 1 heteroatoms. The highest BCUT2D eigenvalue weighted by atomic mass is 14.7. The first kappa shape index (κ1) is 11.3. The Bertz CT molecular complexity index is 486. The number of aromatic nitrogens is 1. The standard InChI is InChI=1S/C15H21N/c1-5-6-11-7-8-13(15(2,3)4)12-9-10-16-14(11)12/h7-10,16H,5-6H2,1-4H3. The van der Waals surface area contributed by atoms with Gasteiger partial charge in [-0.3, -0.25) is 0 Å². The third kappa shape index (κ3) is 1.87. The summed E-state index contributed by atoms with van der Waals surface area (Å²) in [6.07, 6.45) is 4.41. The van der Waals surface area contributed by atoms with Crippen LogP contribution in [0, 0.1) is 0 Å². The highest BCUT2D eigenvalue weighted by Crippen LogP contribution is 2.31. The lowest BCUT2D eigenvalue weighted by molar-refractivity contribution is 0.596. The molecular formula is C15H21N. The van der Waals surface area contributed by atoms with Crippen molar-refractivity contribution in [1.29, 1.82) is 0 Å². The second-order valence-electron chi connectivity index (χ2n) is 5.54. The minimum atomic E-state index is 0.213. The third-order valence-corrected chi connectivity index (χ3v) is 3.14. The molecule has 0 bridgehead atoms. The molecule has 0 fully saturated rings. The smallest absolute Gasteiger partial charge is 0.0489 e. The quantitative estimate of drug-likeness (QED) is 0.763. The molecule has 0 saturated heterocycles. The minimum Gasteiger partial charge on any atom is -0.361 e. The molecule has 1 aromatic heterocycles. The molecule has 2 aromatic rings. The van der Waals surface area contributed by atoms with Crippen LogP contribution in [-0.2, 0) is 11.8 Å². The Hall–Kier alpha value is -1.24. The van der Waals surface area contributed by atoms with E-state index in [0.29, 0.717) is 0 Å². The summed E-state index contributed by atoms with van der Waals surface area (Å²) in [6, 6.07) is 6.78. The Balaban J connectivity index is 2.64. The monoisotopic (exact) mass is 215 g/mol. The number of fused-ring (bicyclic) bond motifs is 1. The van der Waals surface area contributed by atoms with Crippen LogP contribution in [0.25, 0.3) is 10.9 Å². The lowest BCUT2D eigenvalue weighted by Gasteiger charge is -2.21. The lowest BCUT2D eigenvalue weighted by Crippen LogP contribution is -2.11. The normalized spacial score (nSPS) is 12.2. The van der Waals surface area contributed by atoms with Gasteiger partial charge in [-0.05, 0) is 29.0 Å². The van der Waals surface area contributed by atoms with Crippen LogP contribution >= 0.6 is 0 Å². The molecule has 0 amide bonds. The van der Waals surface area contributed by atoms with E-state index in [2.05, 4.69) is 57.1 Å². The topological polar surface area (TPSA) is 15.8 Å². The van der Waals surface area contributed by atoms with E-state index >= 15 is 0 Å². The van der Waals surface area contributed by atoms with Gasteiger partial charge in [0.25, 0.3) is 0 Å². The zero-order chi connectivity index (χ0) is 11.8. The fourth-order valence-electron chi connectivity index (χ4n) is 2.35. The molecule has 1 nitrogen and oxygen atoms in total. The maximum Gasteiger partial charge on any atom is 0.0489 e. The summed E-state index contributed by atoms with van der Waals surface area (Å²) in [7, 11) is 0. The molecule has 0 aliphatic heterocycles. The van der Waals surface area contributed by atoms with Crippen LogP contribution < -0.4 is 0 Å². The van der Waals surface area contributed by atoms with E-state index in [1.165, 1.54) is 28.5 Å². The molecule has 86 valence electrons. The van der Waals surface area contributed by atoms with Gasteiger partial charge in [-0.2, -0.15) is 0 Å². The fourth-order valence-corrected chi connectivity index (χ4v) is 2.35. The van der Waals surface area contributed by atoms with Gasteiger partial charge in [0.1, 0.15) is 0 Å². The summed E-state index contributed by atoms with van der Waals surface area (Å²) >= 11 is 0. The van der Waals surface area contributed by atoms with E-state index in [9.17, 15) is 0 Å². The molecule has 16 heavy (non-hydrogen) atoms. The molecule has 0 atom stereocenters. The van der Waals surface area contributed by atoms with Crippen molar-refractivity contribution in [1.82, 2.24) is 4.98 Å². The molecule has 2 rings (SSSR count). The average molecular weight is 215 g/mol.